The van der Waals surface area contributed by atoms with E-state index in [1.165, 1.54) is 12.1 Å². The number of hydrogen-bond acceptors (Lipinski definition) is 6. The summed E-state index contributed by atoms with van der Waals surface area (Å²) in [6.07, 6.45) is 0. The first-order chi connectivity index (χ1) is 14.4. The molecular formula is C23H22N2O4S. The molecule has 1 heterocycles. The van der Waals surface area contributed by atoms with Crippen LogP contribution in [-0.4, -0.2) is 26.7 Å². The van der Waals surface area contributed by atoms with Crippen LogP contribution in [0, 0.1) is 11.3 Å². The highest BCUT2D eigenvalue weighted by Gasteiger charge is 2.36. The van der Waals surface area contributed by atoms with Crippen molar-refractivity contribution >= 4 is 15.8 Å². The van der Waals surface area contributed by atoms with Gasteiger partial charge >= 0.3 is 5.97 Å². The van der Waals surface area contributed by atoms with Gasteiger partial charge in [-0.05, 0) is 31.5 Å². The lowest BCUT2D eigenvalue weighted by Crippen LogP contribution is -2.33. The van der Waals surface area contributed by atoms with Gasteiger partial charge in [-0.1, -0.05) is 48.5 Å². The molecule has 154 valence electrons. The maximum absolute atomic E-state index is 13.0. The lowest BCUT2D eigenvalue weighted by Gasteiger charge is -2.29. The van der Waals surface area contributed by atoms with Crippen molar-refractivity contribution in [3.63, 3.8) is 0 Å². The van der Waals surface area contributed by atoms with Crippen molar-refractivity contribution in [3.05, 3.63) is 88.8 Å². The number of carbonyl (C=O) groups is 1. The van der Waals surface area contributed by atoms with Crippen LogP contribution >= 0.6 is 0 Å². The maximum atomic E-state index is 13.0. The summed E-state index contributed by atoms with van der Waals surface area (Å²) in [6.45, 7) is 3.51. The number of carbonyl (C=O) groups excluding carboxylic acids is 1. The SMILES string of the molecule is CCOC(=O)C1=C(CS(=O)(=O)c2ccccc2)NC(C)=C(C#N)C1c1ccccc1. The number of dihydropyridines is 1. The number of rotatable bonds is 6. The van der Waals surface area contributed by atoms with Gasteiger partial charge in [0, 0.05) is 11.4 Å². The molecule has 0 saturated heterocycles. The molecule has 6 nitrogen and oxygen atoms in total. The van der Waals surface area contributed by atoms with Gasteiger partial charge in [-0.3, -0.25) is 0 Å². The summed E-state index contributed by atoms with van der Waals surface area (Å²) < 4.78 is 31.3. The van der Waals surface area contributed by atoms with Crippen LogP contribution in [-0.2, 0) is 19.4 Å². The maximum Gasteiger partial charge on any atom is 0.336 e. The zero-order valence-corrected chi connectivity index (χ0v) is 17.6. The van der Waals surface area contributed by atoms with E-state index in [4.69, 9.17) is 4.74 Å². The third-order valence-corrected chi connectivity index (χ3v) is 6.49. The topological polar surface area (TPSA) is 96.3 Å². The van der Waals surface area contributed by atoms with Crippen molar-refractivity contribution < 1.29 is 17.9 Å². The van der Waals surface area contributed by atoms with Crippen LogP contribution in [0.5, 0.6) is 0 Å². The molecule has 0 aliphatic carbocycles. The molecule has 2 aromatic carbocycles. The number of hydrogen-bond donors (Lipinski definition) is 1. The van der Waals surface area contributed by atoms with Gasteiger partial charge in [0.1, 0.15) is 0 Å². The number of nitrogens with zero attached hydrogens (tertiary/aromatic N) is 1. The van der Waals surface area contributed by atoms with Gasteiger partial charge in [0.2, 0.25) is 0 Å². The quantitative estimate of drug-likeness (QED) is 0.716. The second-order valence-corrected chi connectivity index (χ2v) is 8.79. The highest BCUT2D eigenvalue weighted by atomic mass is 32.2. The number of esters is 1. The smallest absolute Gasteiger partial charge is 0.336 e. The van der Waals surface area contributed by atoms with Crippen LogP contribution < -0.4 is 5.32 Å². The van der Waals surface area contributed by atoms with E-state index in [2.05, 4.69) is 11.4 Å². The van der Waals surface area contributed by atoms with E-state index in [-0.39, 0.29) is 22.8 Å². The van der Waals surface area contributed by atoms with Gasteiger partial charge < -0.3 is 10.1 Å². The largest absolute Gasteiger partial charge is 0.463 e. The Hall–Kier alpha value is -3.37. The van der Waals surface area contributed by atoms with E-state index >= 15 is 0 Å². The second-order valence-electron chi connectivity index (χ2n) is 6.80. The molecule has 1 aliphatic heterocycles. The zero-order valence-electron chi connectivity index (χ0n) is 16.8. The van der Waals surface area contributed by atoms with Crippen molar-refractivity contribution in [1.29, 1.82) is 5.26 Å². The summed E-state index contributed by atoms with van der Waals surface area (Å²) in [5.74, 6) is -1.76. The summed E-state index contributed by atoms with van der Waals surface area (Å²) in [5.41, 5.74) is 1.95. The highest BCUT2D eigenvalue weighted by molar-refractivity contribution is 7.91. The van der Waals surface area contributed by atoms with Gasteiger partial charge in [-0.2, -0.15) is 5.26 Å². The van der Waals surface area contributed by atoms with Gasteiger partial charge in [-0.25, -0.2) is 13.2 Å². The van der Waals surface area contributed by atoms with E-state index in [9.17, 15) is 18.5 Å². The lowest BCUT2D eigenvalue weighted by atomic mass is 9.81. The number of benzene rings is 2. The van der Waals surface area contributed by atoms with Crippen LogP contribution in [0.4, 0.5) is 0 Å². The Morgan fingerprint density at radius 1 is 1.10 bits per heavy atom. The molecule has 0 fully saturated rings. The predicted octanol–water partition coefficient (Wildman–Crippen LogP) is 3.46. The predicted molar refractivity (Wildman–Crippen MR) is 113 cm³/mol. The summed E-state index contributed by atoms with van der Waals surface area (Å²) in [4.78, 5) is 13.1. The number of sulfone groups is 1. The number of ether oxygens (including phenoxy) is 1. The van der Waals surface area contributed by atoms with E-state index in [0.29, 0.717) is 16.8 Å². The molecule has 0 amide bonds. The fourth-order valence-electron chi connectivity index (χ4n) is 3.49. The van der Waals surface area contributed by atoms with Crippen molar-refractivity contribution in [1.82, 2.24) is 5.32 Å². The van der Waals surface area contributed by atoms with Crippen molar-refractivity contribution in [2.45, 2.75) is 24.7 Å². The summed E-state index contributed by atoms with van der Waals surface area (Å²) in [6, 6.07) is 19.3. The van der Waals surface area contributed by atoms with Crippen LogP contribution in [0.3, 0.4) is 0 Å². The van der Waals surface area contributed by atoms with Crippen LogP contribution in [0.2, 0.25) is 0 Å². The van der Waals surface area contributed by atoms with Gasteiger partial charge in [-0.15, -0.1) is 0 Å². The second kappa shape index (κ2) is 8.97. The van der Waals surface area contributed by atoms with E-state index in [1.807, 2.05) is 30.3 Å². The Bertz CT molecular complexity index is 1140. The molecule has 30 heavy (non-hydrogen) atoms. The molecule has 1 N–H and O–H groups in total. The minimum Gasteiger partial charge on any atom is -0.463 e. The fraction of sp³-hybridized carbons (Fsp3) is 0.217. The summed E-state index contributed by atoms with van der Waals surface area (Å²) in [7, 11) is -3.73. The van der Waals surface area contributed by atoms with Crippen molar-refractivity contribution in [2.24, 2.45) is 0 Å². The monoisotopic (exact) mass is 422 g/mol. The average Bonchev–Trinajstić information content (AvgIpc) is 2.74. The minimum atomic E-state index is -3.73. The van der Waals surface area contributed by atoms with E-state index < -0.39 is 27.5 Å². The number of nitrogens with one attached hydrogen (secondary N) is 1. The summed E-state index contributed by atoms with van der Waals surface area (Å²) >= 11 is 0. The fourth-order valence-corrected chi connectivity index (χ4v) is 4.83. The van der Waals surface area contributed by atoms with Crippen LogP contribution in [0.15, 0.2) is 88.1 Å². The normalized spacial score (nSPS) is 16.6. The summed E-state index contributed by atoms with van der Waals surface area (Å²) in [5, 5.41) is 12.8. The Labute approximate surface area is 176 Å². The van der Waals surface area contributed by atoms with Gasteiger partial charge in [0.15, 0.2) is 9.84 Å². The first kappa shape index (κ1) is 21.3. The standard InChI is InChI=1S/C23H22N2O4S/c1-3-29-23(26)22-20(15-30(27,28)18-12-8-5-9-13-18)25-16(2)19(14-24)21(22)17-10-6-4-7-11-17/h4-13,21,25H,3,15H2,1-2H3. The molecule has 0 spiro atoms. The van der Waals surface area contributed by atoms with Crippen molar-refractivity contribution in [3.8, 4) is 6.07 Å². The molecule has 0 radical (unpaired) electrons. The molecule has 0 bridgehead atoms. The highest BCUT2D eigenvalue weighted by Crippen LogP contribution is 2.38. The first-order valence-electron chi connectivity index (χ1n) is 9.49. The first-order valence-corrected chi connectivity index (χ1v) is 11.1. The third-order valence-electron chi connectivity index (χ3n) is 4.83. The molecule has 2 aromatic rings. The Morgan fingerprint density at radius 3 is 2.27 bits per heavy atom. The van der Waals surface area contributed by atoms with E-state index in [1.54, 1.807) is 32.0 Å². The molecular weight excluding hydrogens is 400 g/mol. The molecule has 1 unspecified atom stereocenters. The van der Waals surface area contributed by atoms with Gasteiger partial charge in [0.05, 0.1) is 40.4 Å². The van der Waals surface area contributed by atoms with Crippen molar-refractivity contribution in [2.75, 3.05) is 12.4 Å². The Kier molecular flexibility index (Phi) is 6.38. The number of nitriles is 1. The molecule has 0 aromatic heterocycles. The van der Waals surface area contributed by atoms with Crippen LogP contribution in [0.1, 0.15) is 25.3 Å². The average molecular weight is 423 g/mol. The molecule has 1 atom stereocenters. The molecule has 3 rings (SSSR count). The Morgan fingerprint density at radius 2 is 1.70 bits per heavy atom. The minimum absolute atomic E-state index is 0.132. The van der Waals surface area contributed by atoms with E-state index in [0.717, 1.165) is 0 Å². The number of allylic oxidation sites excluding steroid dienone is 2. The third kappa shape index (κ3) is 4.29. The molecule has 7 heteroatoms. The molecule has 1 aliphatic rings. The zero-order chi connectivity index (χ0) is 21.7. The molecule has 0 saturated carbocycles. The van der Waals surface area contributed by atoms with Gasteiger partial charge in [0.25, 0.3) is 0 Å². The lowest BCUT2D eigenvalue weighted by molar-refractivity contribution is -0.138. The van der Waals surface area contributed by atoms with Crippen LogP contribution in [0.25, 0.3) is 0 Å². The Balaban J connectivity index is 2.18.